The number of aryl methyl sites for hydroxylation is 1. The first-order chi connectivity index (χ1) is 9.79. The van der Waals surface area contributed by atoms with Crippen LogP contribution >= 0.6 is 0 Å². The lowest BCUT2D eigenvalue weighted by molar-refractivity contribution is 0.333. The van der Waals surface area contributed by atoms with Crippen LogP contribution in [0.4, 0.5) is 0 Å². The Hall–Kier alpha value is -1.09. The molecule has 1 fully saturated rings. The molecule has 2 nitrogen and oxygen atoms in total. The summed E-state index contributed by atoms with van der Waals surface area (Å²) in [6.45, 7) is 11.2. The van der Waals surface area contributed by atoms with E-state index >= 15 is 0 Å². The van der Waals surface area contributed by atoms with Crippen LogP contribution in [0, 0.1) is 12.8 Å². The second kappa shape index (κ2) is 6.35. The number of benzene rings is 1. The molecule has 0 heterocycles. The SMILES string of the molecule is Cc1cc(C=NC2CCCCC2C)c(O)c([Si](C)(C)C)c1. The van der Waals surface area contributed by atoms with E-state index in [4.69, 9.17) is 4.99 Å². The van der Waals surface area contributed by atoms with Crippen molar-refractivity contribution in [3.63, 3.8) is 0 Å². The lowest BCUT2D eigenvalue weighted by Gasteiger charge is -2.25. The fourth-order valence-corrected chi connectivity index (χ4v) is 4.69. The molecule has 0 aromatic heterocycles. The standard InChI is InChI=1S/C18H29NOSi/c1-13-10-15(18(20)17(11-13)21(3,4)5)12-19-16-9-7-6-8-14(16)2/h10-12,14,16,20H,6-9H2,1-5H3. The Morgan fingerprint density at radius 1 is 1.19 bits per heavy atom. The largest absolute Gasteiger partial charge is 0.507 e. The van der Waals surface area contributed by atoms with E-state index in [1.165, 1.54) is 31.2 Å². The first-order valence-corrected chi connectivity index (χ1v) is 11.7. The van der Waals surface area contributed by atoms with Crippen molar-refractivity contribution in [3.8, 4) is 5.75 Å². The van der Waals surface area contributed by atoms with Gasteiger partial charge < -0.3 is 5.11 Å². The molecular weight excluding hydrogens is 274 g/mol. The number of aromatic hydroxyl groups is 1. The highest BCUT2D eigenvalue weighted by molar-refractivity contribution is 6.89. The van der Waals surface area contributed by atoms with Crippen LogP contribution in [0.2, 0.25) is 19.6 Å². The van der Waals surface area contributed by atoms with Gasteiger partial charge in [-0.1, -0.05) is 51.0 Å². The lowest BCUT2D eigenvalue weighted by Crippen LogP contribution is -2.38. The van der Waals surface area contributed by atoms with E-state index in [0.29, 0.717) is 17.7 Å². The summed E-state index contributed by atoms with van der Waals surface area (Å²) in [5, 5.41) is 11.7. The molecule has 2 rings (SSSR count). The van der Waals surface area contributed by atoms with E-state index in [1.807, 2.05) is 6.21 Å². The zero-order valence-corrected chi connectivity index (χ0v) is 15.1. The first kappa shape index (κ1) is 16.3. The van der Waals surface area contributed by atoms with Crippen molar-refractivity contribution < 1.29 is 5.11 Å². The van der Waals surface area contributed by atoms with E-state index in [9.17, 15) is 5.11 Å². The molecule has 116 valence electrons. The molecule has 21 heavy (non-hydrogen) atoms. The average Bonchev–Trinajstić information content (AvgIpc) is 2.39. The minimum atomic E-state index is -1.53. The molecule has 0 amide bonds. The van der Waals surface area contributed by atoms with Crippen LogP contribution in [0.3, 0.4) is 0 Å². The van der Waals surface area contributed by atoms with Crippen LogP contribution < -0.4 is 5.19 Å². The quantitative estimate of drug-likeness (QED) is 0.657. The molecule has 3 heteroatoms. The summed E-state index contributed by atoms with van der Waals surface area (Å²) in [4.78, 5) is 4.79. The van der Waals surface area contributed by atoms with Gasteiger partial charge in [0, 0.05) is 11.8 Å². The Kier molecular flexibility index (Phi) is 4.92. The molecule has 0 aliphatic heterocycles. The number of phenols is 1. The number of nitrogens with zero attached hydrogens (tertiary/aromatic N) is 1. The molecule has 1 aromatic carbocycles. The third-order valence-corrected chi connectivity index (χ3v) is 6.56. The van der Waals surface area contributed by atoms with Crippen molar-refractivity contribution in [3.05, 3.63) is 23.3 Å². The number of hydrogen-bond donors (Lipinski definition) is 1. The predicted octanol–water partition coefficient (Wildman–Crippen LogP) is 4.24. The fourth-order valence-electron chi connectivity index (χ4n) is 3.17. The minimum Gasteiger partial charge on any atom is -0.507 e. The van der Waals surface area contributed by atoms with Crippen LogP contribution in [0.1, 0.15) is 43.7 Å². The zero-order valence-electron chi connectivity index (χ0n) is 14.1. The highest BCUT2D eigenvalue weighted by atomic mass is 28.3. The smallest absolute Gasteiger partial charge is 0.123 e. The average molecular weight is 304 g/mol. The van der Waals surface area contributed by atoms with Gasteiger partial charge in [-0.2, -0.15) is 0 Å². The van der Waals surface area contributed by atoms with Crippen molar-refractivity contribution >= 4 is 19.5 Å². The number of phenolic OH excluding ortho intramolecular Hbond substituents is 1. The molecule has 1 saturated carbocycles. The van der Waals surface area contributed by atoms with E-state index in [-0.39, 0.29) is 0 Å². The second-order valence-electron chi connectivity index (χ2n) is 7.61. The van der Waals surface area contributed by atoms with Gasteiger partial charge in [-0.05, 0) is 36.9 Å². The number of hydrogen-bond acceptors (Lipinski definition) is 2. The zero-order chi connectivity index (χ0) is 15.6. The summed E-state index contributed by atoms with van der Waals surface area (Å²) in [7, 11) is -1.53. The predicted molar refractivity (Wildman–Crippen MR) is 94.8 cm³/mol. The van der Waals surface area contributed by atoms with Gasteiger partial charge >= 0.3 is 0 Å². The first-order valence-electron chi connectivity index (χ1n) is 8.16. The van der Waals surface area contributed by atoms with E-state index in [2.05, 4.69) is 45.6 Å². The van der Waals surface area contributed by atoms with Crippen LogP contribution in [0.5, 0.6) is 5.75 Å². The van der Waals surface area contributed by atoms with E-state index in [1.54, 1.807) is 0 Å². The summed E-state index contributed by atoms with van der Waals surface area (Å²) in [5.74, 6) is 1.12. The van der Waals surface area contributed by atoms with Crippen LogP contribution in [0.25, 0.3) is 0 Å². The molecule has 1 N–H and O–H groups in total. The van der Waals surface area contributed by atoms with Gasteiger partial charge in [0.25, 0.3) is 0 Å². The molecule has 1 aliphatic rings. The van der Waals surface area contributed by atoms with Crippen molar-refractivity contribution in [2.24, 2.45) is 10.9 Å². The minimum absolute atomic E-state index is 0.425. The topological polar surface area (TPSA) is 32.6 Å². The fraction of sp³-hybridized carbons (Fsp3) is 0.611. The maximum absolute atomic E-state index is 10.6. The summed E-state index contributed by atoms with van der Waals surface area (Å²) in [6, 6.07) is 4.62. The van der Waals surface area contributed by atoms with Gasteiger partial charge in [0.15, 0.2) is 0 Å². The van der Waals surface area contributed by atoms with Gasteiger partial charge in [0.2, 0.25) is 0 Å². The van der Waals surface area contributed by atoms with Crippen molar-refractivity contribution in [2.75, 3.05) is 0 Å². The van der Waals surface area contributed by atoms with E-state index in [0.717, 1.165) is 10.8 Å². The third-order valence-electron chi connectivity index (χ3n) is 4.56. The Morgan fingerprint density at radius 2 is 1.86 bits per heavy atom. The van der Waals surface area contributed by atoms with Crippen LogP contribution in [-0.2, 0) is 0 Å². The molecule has 0 radical (unpaired) electrons. The Labute approximate surface area is 130 Å². The molecule has 0 spiro atoms. The van der Waals surface area contributed by atoms with Gasteiger partial charge in [0.05, 0.1) is 14.1 Å². The summed E-state index contributed by atoms with van der Waals surface area (Å²) >= 11 is 0. The van der Waals surface area contributed by atoms with Crippen LogP contribution in [0.15, 0.2) is 17.1 Å². The van der Waals surface area contributed by atoms with Crippen molar-refractivity contribution in [1.82, 2.24) is 0 Å². The molecule has 1 aromatic rings. The maximum atomic E-state index is 10.6. The van der Waals surface area contributed by atoms with Gasteiger partial charge in [-0.3, -0.25) is 4.99 Å². The Morgan fingerprint density at radius 3 is 2.48 bits per heavy atom. The number of aliphatic imine (C=N–C) groups is 1. The monoisotopic (exact) mass is 303 g/mol. The molecule has 0 saturated heterocycles. The van der Waals surface area contributed by atoms with Crippen molar-refractivity contribution in [1.29, 1.82) is 0 Å². The Bertz CT molecular complexity index is 531. The highest BCUT2D eigenvalue weighted by Crippen LogP contribution is 2.27. The molecule has 0 bridgehead atoms. The highest BCUT2D eigenvalue weighted by Gasteiger charge is 2.23. The second-order valence-corrected chi connectivity index (χ2v) is 12.6. The summed E-state index contributed by atoms with van der Waals surface area (Å²) < 4.78 is 0. The molecular formula is C18H29NOSi. The molecule has 2 unspecified atom stereocenters. The summed E-state index contributed by atoms with van der Waals surface area (Å²) in [5.41, 5.74) is 2.11. The van der Waals surface area contributed by atoms with Crippen LogP contribution in [-0.4, -0.2) is 25.4 Å². The normalized spacial score (nSPS) is 23.7. The molecule has 1 aliphatic carbocycles. The van der Waals surface area contributed by atoms with Gasteiger partial charge in [0.1, 0.15) is 5.75 Å². The lowest BCUT2D eigenvalue weighted by atomic mass is 9.86. The maximum Gasteiger partial charge on any atom is 0.123 e. The van der Waals surface area contributed by atoms with Crippen molar-refractivity contribution in [2.45, 2.75) is 65.2 Å². The Balaban J connectivity index is 2.29. The molecule has 2 atom stereocenters. The third kappa shape index (κ3) is 3.97. The summed E-state index contributed by atoms with van der Waals surface area (Å²) in [6.07, 6.45) is 7.00. The number of rotatable bonds is 3. The van der Waals surface area contributed by atoms with E-state index < -0.39 is 8.07 Å². The van der Waals surface area contributed by atoms with Gasteiger partial charge in [-0.15, -0.1) is 0 Å². The van der Waals surface area contributed by atoms with Gasteiger partial charge in [-0.25, -0.2) is 0 Å².